The maximum Gasteiger partial charge on any atom is 0.407 e. The molecule has 27 heavy (non-hydrogen) atoms. The number of alkyl carbamates (subject to hydrolysis) is 1. The van der Waals surface area contributed by atoms with E-state index in [1.165, 1.54) is 0 Å². The minimum absolute atomic E-state index is 0.0144. The number of aliphatic carboxylic acids is 1. The van der Waals surface area contributed by atoms with Gasteiger partial charge in [0.1, 0.15) is 6.61 Å². The van der Waals surface area contributed by atoms with Crippen LogP contribution >= 0.6 is 0 Å². The van der Waals surface area contributed by atoms with Crippen molar-refractivity contribution in [3.8, 4) is 11.1 Å². The second-order valence-electron chi connectivity index (χ2n) is 6.17. The number of rotatable bonds is 7. The van der Waals surface area contributed by atoms with E-state index in [4.69, 9.17) is 9.84 Å². The average Bonchev–Trinajstić information content (AvgIpc) is 2.98. The quantitative estimate of drug-likeness (QED) is 0.694. The Morgan fingerprint density at radius 2 is 1.52 bits per heavy atom. The summed E-state index contributed by atoms with van der Waals surface area (Å²) in [4.78, 5) is 33.8. The second kappa shape index (κ2) is 8.35. The van der Waals surface area contributed by atoms with Crippen LogP contribution < -0.4 is 10.6 Å². The summed E-state index contributed by atoms with van der Waals surface area (Å²) in [5.41, 5.74) is 4.50. The van der Waals surface area contributed by atoms with E-state index >= 15 is 0 Å². The van der Waals surface area contributed by atoms with E-state index in [-0.39, 0.29) is 32.0 Å². The van der Waals surface area contributed by atoms with Gasteiger partial charge in [0.15, 0.2) is 0 Å². The first-order valence-electron chi connectivity index (χ1n) is 8.63. The topological polar surface area (TPSA) is 105 Å². The van der Waals surface area contributed by atoms with Crippen LogP contribution in [0.1, 0.15) is 23.5 Å². The van der Waals surface area contributed by atoms with Crippen molar-refractivity contribution in [2.75, 3.05) is 19.7 Å². The summed E-state index contributed by atoms with van der Waals surface area (Å²) in [6, 6.07) is 16.0. The molecule has 0 aromatic heterocycles. The van der Waals surface area contributed by atoms with Crippen molar-refractivity contribution in [1.82, 2.24) is 10.6 Å². The van der Waals surface area contributed by atoms with Gasteiger partial charge in [-0.15, -0.1) is 0 Å². The Morgan fingerprint density at radius 1 is 0.926 bits per heavy atom. The molecule has 0 fully saturated rings. The molecule has 1 aliphatic carbocycles. The number of fused-ring (bicyclic) bond motifs is 3. The zero-order chi connectivity index (χ0) is 19.2. The van der Waals surface area contributed by atoms with Crippen LogP contribution in [0, 0.1) is 0 Å². The molecule has 1 aliphatic rings. The van der Waals surface area contributed by atoms with E-state index in [9.17, 15) is 14.4 Å². The molecule has 2 amide bonds. The van der Waals surface area contributed by atoms with Gasteiger partial charge in [0.05, 0.1) is 13.0 Å². The highest BCUT2D eigenvalue weighted by molar-refractivity contribution is 5.82. The SMILES string of the molecule is O=C(O)CCNC(=O)CNC(=O)OCC1c2ccccc2-c2ccccc21. The zero-order valence-electron chi connectivity index (χ0n) is 14.6. The molecule has 0 heterocycles. The fourth-order valence-electron chi connectivity index (χ4n) is 3.17. The molecule has 0 saturated carbocycles. The van der Waals surface area contributed by atoms with Gasteiger partial charge in [-0.25, -0.2) is 4.79 Å². The highest BCUT2D eigenvalue weighted by Crippen LogP contribution is 2.44. The fourth-order valence-corrected chi connectivity index (χ4v) is 3.17. The maximum atomic E-state index is 11.9. The molecule has 140 valence electrons. The summed E-state index contributed by atoms with van der Waals surface area (Å²) < 4.78 is 5.31. The summed E-state index contributed by atoms with van der Waals surface area (Å²) in [5, 5.41) is 13.3. The summed E-state index contributed by atoms with van der Waals surface area (Å²) >= 11 is 0. The molecule has 0 atom stereocenters. The smallest absolute Gasteiger partial charge is 0.407 e. The number of hydrogen-bond donors (Lipinski definition) is 3. The number of amides is 2. The lowest BCUT2D eigenvalue weighted by molar-refractivity contribution is -0.136. The molecular formula is C20H20N2O5. The van der Waals surface area contributed by atoms with Gasteiger partial charge in [0.2, 0.25) is 5.91 Å². The summed E-state index contributed by atoms with van der Waals surface area (Å²) in [6.07, 6.45) is -0.860. The van der Waals surface area contributed by atoms with Crippen LogP contribution in [0.2, 0.25) is 0 Å². The molecule has 2 aromatic carbocycles. The Hall–Kier alpha value is -3.35. The van der Waals surface area contributed by atoms with Crippen LogP contribution in [0.5, 0.6) is 0 Å². The van der Waals surface area contributed by atoms with Gasteiger partial charge in [0, 0.05) is 12.5 Å². The first kappa shape index (κ1) is 18.4. The zero-order valence-corrected chi connectivity index (χ0v) is 14.6. The second-order valence-corrected chi connectivity index (χ2v) is 6.17. The minimum Gasteiger partial charge on any atom is -0.481 e. The van der Waals surface area contributed by atoms with Crippen molar-refractivity contribution in [3.63, 3.8) is 0 Å². The third-order valence-electron chi connectivity index (χ3n) is 4.40. The predicted octanol–water partition coefficient (Wildman–Crippen LogP) is 2.12. The lowest BCUT2D eigenvalue weighted by Crippen LogP contribution is -2.38. The Labute approximate surface area is 156 Å². The Bertz CT molecular complexity index is 819. The lowest BCUT2D eigenvalue weighted by atomic mass is 9.98. The molecule has 0 spiro atoms. The van der Waals surface area contributed by atoms with Gasteiger partial charge in [-0.3, -0.25) is 9.59 Å². The van der Waals surface area contributed by atoms with Crippen molar-refractivity contribution in [2.24, 2.45) is 0 Å². The average molecular weight is 368 g/mol. The molecule has 3 rings (SSSR count). The molecular weight excluding hydrogens is 348 g/mol. The van der Waals surface area contributed by atoms with E-state index in [1.54, 1.807) is 0 Å². The number of carbonyl (C=O) groups excluding carboxylic acids is 2. The number of carboxylic acids is 1. The van der Waals surface area contributed by atoms with Crippen LogP contribution in [-0.2, 0) is 14.3 Å². The lowest BCUT2D eigenvalue weighted by Gasteiger charge is -2.14. The monoisotopic (exact) mass is 368 g/mol. The van der Waals surface area contributed by atoms with Gasteiger partial charge in [-0.2, -0.15) is 0 Å². The van der Waals surface area contributed by atoms with Crippen LogP contribution in [0.15, 0.2) is 48.5 Å². The highest BCUT2D eigenvalue weighted by atomic mass is 16.5. The maximum absolute atomic E-state index is 11.9. The normalized spacial score (nSPS) is 12.0. The van der Waals surface area contributed by atoms with Crippen LogP contribution in [0.4, 0.5) is 4.79 Å². The van der Waals surface area contributed by atoms with E-state index in [0.29, 0.717) is 0 Å². The molecule has 0 saturated heterocycles. The number of carboxylic acid groups (broad SMARTS) is 1. The molecule has 7 nitrogen and oxygen atoms in total. The summed E-state index contributed by atoms with van der Waals surface area (Å²) in [7, 11) is 0. The van der Waals surface area contributed by atoms with Crippen molar-refractivity contribution in [2.45, 2.75) is 12.3 Å². The van der Waals surface area contributed by atoms with Gasteiger partial charge in [0.25, 0.3) is 0 Å². The number of carbonyl (C=O) groups is 3. The van der Waals surface area contributed by atoms with Crippen molar-refractivity contribution >= 4 is 18.0 Å². The predicted molar refractivity (Wildman–Crippen MR) is 98.3 cm³/mol. The minimum atomic E-state index is -1.00. The van der Waals surface area contributed by atoms with Crippen LogP contribution in [0.25, 0.3) is 11.1 Å². The Balaban J connectivity index is 1.52. The van der Waals surface area contributed by atoms with E-state index < -0.39 is 18.0 Å². The molecule has 0 bridgehead atoms. The van der Waals surface area contributed by atoms with E-state index in [2.05, 4.69) is 22.8 Å². The van der Waals surface area contributed by atoms with Crippen molar-refractivity contribution in [1.29, 1.82) is 0 Å². The number of benzene rings is 2. The summed E-state index contributed by atoms with van der Waals surface area (Å²) in [6.45, 7) is -0.0860. The van der Waals surface area contributed by atoms with Gasteiger partial charge < -0.3 is 20.5 Å². The molecule has 0 aliphatic heterocycles. The first-order chi connectivity index (χ1) is 13.1. The Kier molecular flexibility index (Phi) is 5.71. The fraction of sp³-hybridized carbons (Fsp3) is 0.250. The molecule has 7 heteroatoms. The summed E-state index contributed by atoms with van der Waals surface area (Å²) in [5.74, 6) is -1.52. The molecule has 0 unspecified atom stereocenters. The van der Waals surface area contributed by atoms with E-state index in [1.807, 2.05) is 36.4 Å². The van der Waals surface area contributed by atoms with Gasteiger partial charge in [-0.05, 0) is 22.3 Å². The number of hydrogen-bond acceptors (Lipinski definition) is 4. The third-order valence-corrected chi connectivity index (χ3v) is 4.40. The van der Waals surface area contributed by atoms with Crippen molar-refractivity contribution in [3.05, 3.63) is 59.7 Å². The molecule has 0 radical (unpaired) electrons. The van der Waals surface area contributed by atoms with Crippen LogP contribution in [-0.4, -0.2) is 42.8 Å². The first-order valence-corrected chi connectivity index (χ1v) is 8.63. The van der Waals surface area contributed by atoms with Gasteiger partial charge in [-0.1, -0.05) is 48.5 Å². The number of ether oxygens (including phenoxy) is 1. The highest BCUT2D eigenvalue weighted by Gasteiger charge is 2.28. The molecule has 2 aromatic rings. The van der Waals surface area contributed by atoms with E-state index in [0.717, 1.165) is 22.3 Å². The number of nitrogens with one attached hydrogen (secondary N) is 2. The third kappa shape index (κ3) is 4.44. The Morgan fingerprint density at radius 3 is 2.11 bits per heavy atom. The van der Waals surface area contributed by atoms with Crippen molar-refractivity contribution < 1.29 is 24.2 Å². The largest absolute Gasteiger partial charge is 0.481 e. The molecule has 3 N–H and O–H groups in total. The standard InChI is InChI=1S/C20H20N2O5/c23-18(21-10-9-19(24)25)11-22-20(26)27-12-17-15-7-3-1-5-13(15)14-6-2-4-8-16(14)17/h1-8,17H,9-12H2,(H,21,23)(H,22,26)(H,24,25). The van der Waals surface area contributed by atoms with Crippen LogP contribution in [0.3, 0.4) is 0 Å². The van der Waals surface area contributed by atoms with Gasteiger partial charge >= 0.3 is 12.1 Å².